The van der Waals surface area contributed by atoms with Gasteiger partial charge < -0.3 is 20.3 Å². The van der Waals surface area contributed by atoms with Gasteiger partial charge in [0.05, 0.1) is 34.7 Å². The van der Waals surface area contributed by atoms with E-state index in [1.54, 1.807) is 25.2 Å². The van der Waals surface area contributed by atoms with Crippen molar-refractivity contribution in [3.8, 4) is 0 Å². The van der Waals surface area contributed by atoms with Crippen LogP contribution in [0, 0.1) is 24.2 Å². The lowest BCUT2D eigenvalue weighted by atomic mass is 9.73. The van der Waals surface area contributed by atoms with Gasteiger partial charge in [0.1, 0.15) is 11.4 Å². The number of carbonyl (C=O) groups is 2. The third-order valence-electron chi connectivity index (χ3n) is 7.96. The quantitative estimate of drug-likeness (QED) is 0.513. The summed E-state index contributed by atoms with van der Waals surface area (Å²) in [7, 11) is 0. The summed E-state index contributed by atoms with van der Waals surface area (Å²) in [6.07, 6.45) is 4.03. The molecule has 2 fully saturated rings. The first kappa shape index (κ1) is 28.0. The molecule has 3 N–H and O–H groups in total. The van der Waals surface area contributed by atoms with Crippen LogP contribution in [0.3, 0.4) is 0 Å². The highest BCUT2D eigenvalue weighted by atomic mass is 32.1. The normalized spacial score (nSPS) is 37.5. The fourth-order valence-corrected chi connectivity index (χ4v) is 5.90. The molecular formula is C27H42N2O5S. The number of ketones is 1. The molecule has 196 valence electrons. The molecule has 1 aromatic rings. The van der Waals surface area contributed by atoms with E-state index in [0.717, 1.165) is 35.5 Å². The van der Waals surface area contributed by atoms with E-state index < -0.39 is 28.9 Å². The highest BCUT2D eigenvalue weighted by Crippen LogP contribution is 2.52. The Kier molecular flexibility index (Phi) is 8.31. The molecule has 0 radical (unpaired) electrons. The van der Waals surface area contributed by atoms with E-state index in [0.29, 0.717) is 12.3 Å². The van der Waals surface area contributed by atoms with Crippen molar-refractivity contribution in [2.24, 2.45) is 17.3 Å². The third kappa shape index (κ3) is 6.40. The second-order valence-corrected chi connectivity index (χ2v) is 12.6. The number of aromatic nitrogens is 1. The lowest BCUT2D eigenvalue weighted by molar-refractivity contribution is -0.139. The van der Waals surface area contributed by atoms with Crippen molar-refractivity contribution in [1.82, 2.24) is 10.3 Å². The standard InChI is InChI=1S/C27H42N2O5S/c1-16-9-8-10-26(7)27(33,34-26)14-21(17(2)12-20-15-35-19(4)28-20)29-23(31)13-22(30)25(5,6)24(32)18(3)11-16/h12,15-16,18,21-22,30,33H,8-11,13-14H2,1-7H3,(H,29,31)/b17-12-/t16-,18+,21-,22-,26+,27-/m0/s1. The predicted octanol–water partition coefficient (Wildman–Crippen LogP) is 4.40. The Bertz CT molecular complexity index is 973. The van der Waals surface area contributed by atoms with Gasteiger partial charge in [0, 0.05) is 17.7 Å². The predicted molar refractivity (Wildman–Crippen MR) is 138 cm³/mol. The molecule has 0 bridgehead atoms. The highest BCUT2D eigenvalue weighted by Gasteiger charge is 2.66. The second-order valence-electron chi connectivity index (χ2n) is 11.6. The van der Waals surface area contributed by atoms with Gasteiger partial charge in [-0.3, -0.25) is 9.59 Å². The Morgan fingerprint density at radius 2 is 1.97 bits per heavy atom. The number of amides is 1. The molecule has 0 aliphatic carbocycles. The number of fused-ring (bicyclic) bond motifs is 1. The number of epoxide rings is 1. The number of ether oxygens (including phenoxy) is 1. The van der Waals surface area contributed by atoms with E-state index >= 15 is 0 Å². The van der Waals surface area contributed by atoms with Crippen LogP contribution in [0.4, 0.5) is 0 Å². The zero-order chi connectivity index (χ0) is 26.2. The molecule has 2 aliphatic heterocycles. The van der Waals surface area contributed by atoms with Gasteiger partial charge in [-0.1, -0.05) is 40.5 Å². The summed E-state index contributed by atoms with van der Waals surface area (Å²) in [5, 5.41) is 28.0. The van der Waals surface area contributed by atoms with Crippen LogP contribution in [0.25, 0.3) is 6.08 Å². The van der Waals surface area contributed by atoms with Gasteiger partial charge in [-0.25, -0.2) is 4.98 Å². The maximum atomic E-state index is 13.2. The van der Waals surface area contributed by atoms with Gasteiger partial charge in [0.25, 0.3) is 0 Å². The molecule has 3 rings (SSSR count). The van der Waals surface area contributed by atoms with E-state index in [-0.39, 0.29) is 30.4 Å². The topological polar surface area (TPSA) is 112 Å². The third-order valence-corrected chi connectivity index (χ3v) is 8.75. The minimum Gasteiger partial charge on any atom is -0.392 e. The lowest BCUT2D eigenvalue weighted by Gasteiger charge is -2.33. The molecule has 1 amide bonds. The Morgan fingerprint density at radius 3 is 2.60 bits per heavy atom. The average Bonchev–Trinajstić information content (AvgIpc) is 3.04. The molecule has 2 aliphatic rings. The monoisotopic (exact) mass is 506 g/mol. The van der Waals surface area contributed by atoms with Gasteiger partial charge in [-0.15, -0.1) is 11.3 Å². The highest BCUT2D eigenvalue weighted by molar-refractivity contribution is 7.09. The van der Waals surface area contributed by atoms with Crippen LogP contribution in [-0.4, -0.2) is 50.4 Å². The van der Waals surface area contributed by atoms with Gasteiger partial charge in [0.15, 0.2) is 5.79 Å². The summed E-state index contributed by atoms with van der Waals surface area (Å²) in [5.74, 6) is -1.61. The Balaban J connectivity index is 1.88. The number of nitrogens with zero attached hydrogens (tertiary/aromatic N) is 1. The number of aliphatic hydroxyl groups is 2. The number of aryl methyl sites for hydroxylation is 1. The second kappa shape index (κ2) is 10.4. The first-order chi connectivity index (χ1) is 16.2. The SMILES string of the molecule is C/C(=C/c1csc(C)n1)[C@@H]1C[C@]2(O)O[C@]2(C)CCC[C@H](C)C[C@@H](C)C(=O)C(C)(C)[C@@H](O)CC(=O)N1. The number of thiazole rings is 1. The molecule has 7 nitrogen and oxygen atoms in total. The minimum atomic E-state index is -1.33. The molecule has 8 heteroatoms. The van der Waals surface area contributed by atoms with Gasteiger partial charge >= 0.3 is 0 Å². The smallest absolute Gasteiger partial charge is 0.223 e. The fourth-order valence-electron chi connectivity index (χ4n) is 5.33. The fraction of sp³-hybridized carbons (Fsp3) is 0.741. The number of nitrogens with one attached hydrogen (secondary N) is 1. The van der Waals surface area contributed by atoms with Gasteiger partial charge in [0.2, 0.25) is 5.91 Å². The Hall–Kier alpha value is -1.61. The average molecular weight is 507 g/mol. The summed E-state index contributed by atoms with van der Waals surface area (Å²) in [5.41, 5.74) is -0.0778. The largest absolute Gasteiger partial charge is 0.392 e. The van der Waals surface area contributed by atoms with Crippen LogP contribution in [0.2, 0.25) is 0 Å². The van der Waals surface area contributed by atoms with E-state index in [4.69, 9.17) is 4.74 Å². The van der Waals surface area contributed by atoms with Crippen LogP contribution in [-0.2, 0) is 14.3 Å². The number of hydrogen-bond donors (Lipinski definition) is 3. The van der Waals surface area contributed by atoms with E-state index in [1.807, 2.05) is 39.2 Å². The zero-order valence-corrected chi connectivity index (χ0v) is 23.0. The maximum Gasteiger partial charge on any atom is 0.223 e. The van der Waals surface area contributed by atoms with Gasteiger partial charge in [-0.05, 0) is 51.2 Å². The van der Waals surface area contributed by atoms with Crippen LogP contribution >= 0.6 is 11.3 Å². The van der Waals surface area contributed by atoms with Crippen LogP contribution in [0.1, 0.15) is 90.8 Å². The molecule has 0 spiro atoms. The van der Waals surface area contributed by atoms with Crippen molar-refractivity contribution in [3.05, 3.63) is 21.7 Å². The van der Waals surface area contributed by atoms with Crippen molar-refractivity contribution in [2.45, 2.75) is 111 Å². The van der Waals surface area contributed by atoms with E-state index in [9.17, 15) is 19.8 Å². The summed E-state index contributed by atoms with van der Waals surface area (Å²) < 4.78 is 5.87. The maximum absolute atomic E-state index is 13.2. The Morgan fingerprint density at radius 1 is 1.29 bits per heavy atom. The number of carbonyl (C=O) groups excluding carboxylic acids is 2. The van der Waals surface area contributed by atoms with Crippen molar-refractivity contribution >= 4 is 29.1 Å². The summed E-state index contributed by atoms with van der Waals surface area (Å²) >= 11 is 1.55. The summed E-state index contributed by atoms with van der Waals surface area (Å²) in [4.78, 5) is 30.7. The molecule has 35 heavy (non-hydrogen) atoms. The summed E-state index contributed by atoms with van der Waals surface area (Å²) in [6.45, 7) is 13.2. The molecule has 6 atom stereocenters. The van der Waals surface area contributed by atoms with Crippen LogP contribution in [0.15, 0.2) is 11.0 Å². The number of rotatable bonds is 2. The zero-order valence-electron chi connectivity index (χ0n) is 22.2. The summed E-state index contributed by atoms with van der Waals surface area (Å²) in [6, 6.07) is -0.506. The van der Waals surface area contributed by atoms with E-state index in [2.05, 4.69) is 17.2 Å². The van der Waals surface area contributed by atoms with Crippen molar-refractivity contribution in [1.29, 1.82) is 0 Å². The first-order valence-corrected chi connectivity index (χ1v) is 13.6. The van der Waals surface area contributed by atoms with Crippen molar-refractivity contribution < 1.29 is 24.5 Å². The molecule has 1 aromatic heterocycles. The molecule has 0 unspecified atom stereocenters. The first-order valence-electron chi connectivity index (χ1n) is 12.7. The van der Waals surface area contributed by atoms with Crippen LogP contribution in [0.5, 0.6) is 0 Å². The van der Waals surface area contributed by atoms with Crippen molar-refractivity contribution in [2.75, 3.05) is 0 Å². The molecule has 2 saturated heterocycles. The molecule has 0 aromatic carbocycles. The number of aliphatic hydroxyl groups excluding tert-OH is 1. The molecule has 0 saturated carbocycles. The molecule has 3 heterocycles. The number of hydrogen-bond acceptors (Lipinski definition) is 7. The van der Waals surface area contributed by atoms with Gasteiger partial charge in [-0.2, -0.15) is 0 Å². The van der Waals surface area contributed by atoms with Crippen LogP contribution < -0.4 is 5.32 Å². The minimum absolute atomic E-state index is 0.0184. The van der Waals surface area contributed by atoms with E-state index in [1.165, 1.54) is 0 Å². The van der Waals surface area contributed by atoms with Crippen molar-refractivity contribution in [3.63, 3.8) is 0 Å². The Labute approximate surface area is 213 Å². The molecular weight excluding hydrogens is 464 g/mol. The lowest BCUT2D eigenvalue weighted by Crippen LogP contribution is -2.46. The number of Topliss-reactive ketones (excluding diaryl/α,β-unsaturated/α-hetero) is 1.